The zero-order valence-electron chi connectivity index (χ0n) is 13.4. The van der Waals surface area contributed by atoms with Crippen molar-refractivity contribution in [2.75, 3.05) is 13.2 Å². The van der Waals surface area contributed by atoms with Gasteiger partial charge in [-0.15, -0.1) is 0 Å². The molecule has 0 radical (unpaired) electrons. The summed E-state index contributed by atoms with van der Waals surface area (Å²) < 4.78 is 9.94. The maximum absolute atomic E-state index is 12.1. The Balaban J connectivity index is 4.18. The Kier molecular flexibility index (Phi) is 6.89. The lowest BCUT2D eigenvalue weighted by atomic mass is 9.66. The first-order valence-corrected chi connectivity index (χ1v) is 6.87. The second-order valence-electron chi connectivity index (χ2n) is 6.10. The van der Waals surface area contributed by atoms with Crippen LogP contribution >= 0.6 is 0 Å². The molecule has 0 aromatic rings. The molecule has 0 aromatic heterocycles. The molecule has 0 saturated heterocycles. The monoisotopic (exact) mass is 286 g/mol. The summed E-state index contributed by atoms with van der Waals surface area (Å²) in [4.78, 5) is 33.9. The number of hydrogen-bond acceptors (Lipinski definition) is 5. The van der Waals surface area contributed by atoms with Gasteiger partial charge in [-0.2, -0.15) is 0 Å². The number of esters is 2. The summed E-state index contributed by atoms with van der Waals surface area (Å²) in [5, 5.41) is 0. The second kappa shape index (κ2) is 7.41. The highest BCUT2D eigenvalue weighted by Gasteiger charge is 2.43. The van der Waals surface area contributed by atoms with E-state index in [0.29, 0.717) is 0 Å². The molecule has 0 rings (SSSR count). The lowest BCUT2D eigenvalue weighted by Crippen LogP contribution is -2.40. The lowest BCUT2D eigenvalue weighted by Gasteiger charge is -2.38. The first kappa shape index (κ1) is 18.6. The predicted molar refractivity (Wildman–Crippen MR) is 75.1 cm³/mol. The van der Waals surface area contributed by atoms with E-state index in [1.807, 2.05) is 34.6 Å². The maximum Gasteiger partial charge on any atom is 0.313 e. The van der Waals surface area contributed by atoms with Crippen molar-refractivity contribution < 1.29 is 23.9 Å². The molecule has 5 nitrogen and oxygen atoms in total. The van der Waals surface area contributed by atoms with Crippen molar-refractivity contribution in [3.63, 3.8) is 0 Å². The van der Waals surface area contributed by atoms with Gasteiger partial charge in [-0.25, -0.2) is 0 Å². The van der Waals surface area contributed by atoms with Crippen molar-refractivity contribution in [3.05, 3.63) is 0 Å². The Morgan fingerprint density at radius 2 is 1.45 bits per heavy atom. The van der Waals surface area contributed by atoms with Gasteiger partial charge in [0.05, 0.1) is 5.41 Å². The first-order chi connectivity index (χ1) is 9.04. The third-order valence-corrected chi connectivity index (χ3v) is 4.06. The molecule has 0 aromatic carbocycles. The van der Waals surface area contributed by atoms with Gasteiger partial charge in [-0.3, -0.25) is 14.4 Å². The summed E-state index contributed by atoms with van der Waals surface area (Å²) in [5.74, 6) is -1.16. The summed E-state index contributed by atoms with van der Waals surface area (Å²) in [7, 11) is 0. The van der Waals surface area contributed by atoms with Gasteiger partial charge < -0.3 is 9.47 Å². The van der Waals surface area contributed by atoms with E-state index in [4.69, 9.17) is 9.47 Å². The molecule has 0 N–H and O–H groups in total. The Morgan fingerprint density at radius 1 is 0.950 bits per heavy atom. The number of carbonyl (C=O) groups is 3. The van der Waals surface area contributed by atoms with Gasteiger partial charge >= 0.3 is 11.9 Å². The Labute approximate surface area is 121 Å². The van der Waals surface area contributed by atoms with Crippen LogP contribution in [0.15, 0.2) is 0 Å². The van der Waals surface area contributed by atoms with E-state index >= 15 is 0 Å². The summed E-state index contributed by atoms with van der Waals surface area (Å²) in [6.07, 6.45) is 0.602. The SMILES string of the molecule is CCC(C)(C)C(C)(C)C(=O)OCCOC(=O)CC(C)=O. The second-order valence-corrected chi connectivity index (χ2v) is 6.10. The van der Waals surface area contributed by atoms with Crippen molar-refractivity contribution in [3.8, 4) is 0 Å². The van der Waals surface area contributed by atoms with Gasteiger partial charge in [0.15, 0.2) is 0 Å². The van der Waals surface area contributed by atoms with E-state index in [1.54, 1.807) is 0 Å². The van der Waals surface area contributed by atoms with E-state index in [9.17, 15) is 14.4 Å². The average molecular weight is 286 g/mol. The fraction of sp³-hybridized carbons (Fsp3) is 0.800. The van der Waals surface area contributed by atoms with Crippen LogP contribution in [-0.2, 0) is 23.9 Å². The summed E-state index contributed by atoms with van der Waals surface area (Å²) in [6.45, 7) is 11.0. The van der Waals surface area contributed by atoms with E-state index in [1.165, 1.54) is 6.92 Å². The molecule has 0 atom stereocenters. The van der Waals surface area contributed by atoms with Gasteiger partial charge in [-0.05, 0) is 32.6 Å². The first-order valence-electron chi connectivity index (χ1n) is 6.87. The van der Waals surface area contributed by atoms with Gasteiger partial charge in [-0.1, -0.05) is 20.8 Å². The lowest BCUT2D eigenvalue weighted by molar-refractivity contribution is -0.165. The number of ketones is 1. The summed E-state index contributed by atoms with van der Waals surface area (Å²) in [6, 6.07) is 0. The van der Waals surface area contributed by atoms with Gasteiger partial charge in [0.25, 0.3) is 0 Å². The van der Waals surface area contributed by atoms with Crippen molar-refractivity contribution in [2.45, 2.75) is 54.4 Å². The van der Waals surface area contributed by atoms with Crippen LogP contribution in [0.3, 0.4) is 0 Å². The molecule has 0 aliphatic heterocycles. The molecule has 116 valence electrons. The molecule has 20 heavy (non-hydrogen) atoms. The zero-order chi connectivity index (χ0) is 16.0. The largest absolute Gasteiger partial charge is 0.462 e. The minimum absolute atomic E-state index is 0.00566. The average Bonchev–Trinajstić information content (AvgIpc) is 2.33. The van der Waals surface area contributed by atoms with Crippen LogP contribution in [-0.4, -0.2) is 30.9 Å². The van der Waals surface area contributed by atoms with Crippen molar-refractivity contribution in [1.82, 2.24) is 0 Å². The standard InChI is InChI=1S/C15H26O5/c1-7-14(3,4)15(5,6)13(18)20-9-8-19-12(17)10-11(2)16/h7-10H2,1-6H3. The summed E-state index contributed by atoms with van der Waals surface area (Å²) in [5.41, 5.74) is -0.805. The number of ether oxygens (including phenoxy) is 2. The van der Waals surface area contributed by atoms with Crippen molar-refractivity contribution in [2.24, 2.45) is 10.8 Å². The van der Waals surface area contributed by atoms with Crippen LogP contribution in [0, 0.1) is 10.8 Å². The molecule has 5 heteroatoms. The van der Waals surface area contributed by atoms with Crippen LogP contribution in [0.2, 0.25) is 0 Å². The highest BCUT2D eigenvalue weighted by atomic mass is 16.6. The fourth-order valence-electron chi connectivity index (χ4n) is 1.44. The molecule has 0 bridgehead atoms. The van der Waals surface area contributed by atoms with Crippen LogP contribution in [0.4, 0.5) is 0 Å². The van der Waals surface area contributed by atoms with Crippen LogP contribution in [0.1, 0.15) is 54.4 Å². The maximum atomic E-state index is 12.1. The highest BCUT2D eigenvalue weighted by molar-refractivity contribution is 5.94. The Hall–Kier alpha value is -1.39. The zero-order valence-corrected chi connectivity index (χ0v) is 13.4. The third-order valence-electron chi connectivity index (χ3n) is 4.06. The van der Waals surface area contributed by atoms with Crippen molar-refractivity contribution in [1.29, 1.82) is 0 Å². The van der Waals surface area contributed by atoms with E-state index in [-0.39, 0.29) is 36.8 Å². The molecule has 0 spiro atoms. The third kappa shape index (κ3) is 5.31. The minimum atomic E-state index is -0.620. The van der Waals surface area contributed by atoms with E-state index < -0.39 is 11.4 Å². The fourth-order valence-corrected chi connectivity index (χ4v) is 1.44. The number of rotatable bonds is 8. The van der Waals surface area contributed by atoms with Crippen LogP contribution in [0.5, 0.6) is 0 Å². The van der Waals surface area contributed by atoms with Crippen LogP contribution in [0.25, 0.3) is 0 Å². The Morgan fingerprint density at radius 3 is 1.90 bits per heavy atom. The molecule has 0 aliphatic carbocycles. The normalized spacial score (nSPS) is 11.9. The molecular formula is C15H26O5. The van der Waals surface area contributed by atoms with Crippen molar-refractivity contribution >= 4 is 17.7 Å². The number of carbonyl (C=O) groups excluding carboxylic acids is 3. The minimum Gasteiger partial charge on any atom is -0.462 e. The van der Waals surface area contributed by atoms with Gasteiger partial charge in [0.2, 0.25) is 0 Å². The molecule has 0 amide bonds. The van der Waals surface area contributed by atoms with E-state index in [0.717, 1.165) is 6.42 Å². The summed E-state index contributed by atoms with van der Waals surface area (Å²) >= 11 is 0. The van der Waals surface area contributed by atoms with Gasteiger partial charge in [0.1, 0.15) is 25.4 Å². The molecule has 0 fully saturated rings. The molecule has 0 unspecified atom stereocenters. The molecule has 0 saturated carbocycles. The number of hydrogen-bond donors (Lipinski definition) is 0. The number of Topliss-reactive ketones (excluding diaryl/α,β-unsaturated/α-hetero) is 1. The Bertz CT molecular complexity index is 368. The van der Waals surface area contributed by atoms with E-state index in [2.05, 4.69) is 0 Å². The highest BCUT2D eigenvalue weighted by Crippen LogP contribution is 2.41. The molecular weight excluding hydrogens is 260 g/mol. The molecule has 0 heterocycles. The smallest absolute Gasteiger partial charge is 0.313 e. The molecule has 0 aliphatic rings. The predicted octanol–water partition coefficient (Wildman–Crippen LogP) is 2.51. The topological polar surface area (TPSA) is 69.7 Å². The van der Waals surface area contributed by atoms with Crippen LogP contribution < -0.4 is 0 Å². The van der Waals surface area contributed by atoms with Gasteiger partial charge in [0, 0.05) is 0 Å². The quantitative estimate of drug-likeness (QED) is 0.389.